The van der Waals surface area contributed by atoms with Gasteiger partial charge in [-0.2, -0.15) is 0 Å². The fraction of sp³-hybridized carbons (Fsp3) is 0.900. The minimum Gasteiger partial charge on any atom is -0.379 e. The average molecular weight is 293 g/mol. The van der Waals surface area contributed by atoms with E-state index in [1.165, 1.54) is 70.6 Å². The quantitative estimate of drug-likeness (QED) is 0.512. The first kappa shape index (κ1) is 17.1. The molecule has 0 atom stereocenters. The van der Waals surface area contributed by atoms with E-state index in [2.05, 4.69) is 26.0 Å². The summed E-state index contributed by atoms with van der Waals surface area (Å²) in [5, 5.41) is 0. The molecule has 0 radical (unpaired) electrons. The minimum absolute atomic E-state index is 0.577. The summed E-state index contributed by atoms with van der Waals surface area (Å²) in [5.74, 6) is 3.07. The van der Waals surface area contributed by atoms with Crippen molar-refractivity contribution in [3.8, 4) is 0 Å². The van der Waals surface area contributed by atoms with Gasteiger partial charge in [0.2, 0.25) is 0 Å². The van der Waals surface area contributed by atoms with Gasteiger partial charge >= 0.3 is 0 Å². The van der Waals surface area contributed by atoms with Crippen molar-refractivity contribution >= 4 is 0 Å². The second kappa shape index (κ2) is 9.66. The van der Waals surface area contributed by atoms with E-state index in [-0.39, 0.29) is 0 Å². The van der Waals surface area contributed by atoms with Gasteiger partial charge in [-0.15, -0.1) is 0 Å². The van der Waals surface area contributed by atoms with Crippen LogP contribution >= 0.6 is 0 Å². The Morgan fingerprint density at radius 1 is 0.810 bits per heavy atom. The van der Waals surface area contributed by atoms with Crippen LogP contribution in [0.1, 0.15) is 84.5 Å². The molecule has 2 saturated carbocycles. The molecule has 0 aliphatic heterocycles. The summed E-state index contributed by atoms with van der Waals surface area (Å²) in [5.41, 5.74) is 0. The highest BCUT2D eigenvalue weighted by atomic mass is 16.5. The summed E-state index contributed by atoms with van der Waals surface area (Å²) in [7, 11) is 0. The highest BCUT2D eigenvalue weighted by Crippen LogP contribution is 2.41. The normalized spacial score (nSPS) is 34.4. The standard InChI is InChI=1S/C20H36O/c1-3-5-6-7-8-17-9-11-18(12-10-17)19-13-15-20(16-14-19)21-4-2/h5-6,17-20H,3-4,7-16H2,1-2H3/b6-5+. The Morgan fingerprint density at radius 3 is 2.00 bits per heavy atom. The molecule has 0 heterocycles. The van der Waals surface area contributed by atoms with E-state index in [0.717, 1.165) is 24.4 Å². The lowest BCUT2D eigenvalue weighted by Gasteiger charge is -2.37. The van der Waals surface area contributed by atoms with Crippen molar-refractivity contribution in [1.29, 1.82) is 0 Å². The van der Waals surface area contributed by atoms with Crippen LogP contribution in [0, 0.1) is 17.8 Å². The molecule has 2 aliphatic carbocycles. The summed E-state index contributed by atoms with van der Waals surface area (Å²) < 4.78 is 5.79. The van der Waals surface area contributed by atoms with E-state index in [9.17, 15) is 0 Å². The molecule has 2 fully saturated rings. The molecule has 0 aromatic heterocycles. The molecule has 21 heavy (non-hydrogen) atoms. The molecule has 2 aliphatic rings. The number of allylic oxidation sites excluding steroid dienone is 2. The van der Waals surface area contributed by atoms with Crippen LogP contribution in [0.4, 0.5) is 0 Å². The van der Waals surface area contributed by atoms with Crippen molar-refractivity contribution in [3.05, 3.63) is 12.2 Å². The second-order valence-electron chi connectivity index (χ2n) is 7.23. The zero-order valence-electron chi connectivity index (χ0n) is 14.4. The van der Waals surface area contributed by atoms with Gasteiger partial charge in [-0.05, 0) is 82.5 Å². The van der Waals surface area contributed by atoms with Crippen LogP contribution in [0.5, 0.6) is 0 Å². The van der Waals surface area contributed by atoms with Crippen LogP contribution in [0.25, 0.3) is 0 Å². The Kier molecular flexibility index (Phi) is 7.85. The highest BCUT2D eigenvalue weighted by Gasteiger charge is 2.30. The van der Waals surface area contributed by atoms with Crippen molar-refractivity contribution < 1.29 is 4.74 Å². The van der Waals surface area contributed by atoms with Gasteiger partial charge in [0.25, 0.3) is 0 Å². The van der Waals surface area contributed by atoms with Gasteiger partial charge in [0, 0.05) is 6.61 Å². The lowest BCUT2D eigenvalue weighted by molar-refractivity contribution is 0.0135. The molecule has 122 valence electrons. The topological polar surface area (TPSA) is 9.23 Å². The van der Waals surface area contributed by atoms with Crippen molar-refractivity contribution in [2.75, 3.05) is 6.61 Å². The lowest BCUT2D eigenvalue weighted by atomic mass is 9.70. The van der Waals surface area contributed by atoms with Gasteiger partial charge < -0.3 is 4.74 Å². The Hall–Kier alpha value is -0.300. The molecule has 0 N–H and O–H groups in total. The monoisotopic (exact) mass is 292 g/mol. The van der Waals surface area contributed by atoms with Crippen LogP contribution < -0.4 is 0 Å². The van der Waals surface area contributed by atoms with Gasteiger partial charge in [-0.1, -0.05) is 31.9 Å². The Balaban J connectivity index is 1.62. The zero-order valence-corrected chi connectivity index (χ0v) is 14.4. The van der Waals surface area contributed by atoms with Gasteiger partial charge in [-0.3, -0.25) is 0 Å². The molecule has 1 nitrogen and oxygen atoms in total. The van der Waals surface area contributed by atoms with E-state index in [1.54, 1.807) is 0 Å². The maximum Gasteiger partial charge on any atom is 0.0575 e. The van der Waals surface area contributed by atoms with Crippen LogP contribution in [-0.2, 0) is 4.74 Å². The average Bonchev–Trinajstić information content (AvgIpc) is 2.53. The largest absolute Gasteiger partial charge is 0.379 e. The fourth-order valence-electron chi connectivity index (χ4n) is 4.53. The summed E-state index contributed by atoms with van der Waals surface area (Å²) in [6, 6.07) is 0. The Labute approximate surface area is 132 Å². The van der Waals surface area contributed by atoms with Crippen LogP contribution in [0.3, 0.4) is 0 Å². The third-order valence-corrected chi connectivity index (χ3v) is 5.82. The number of hydrogen-bond donors (Lipinski definition) is 0. The van der Waals surface area contributed by atoms with E-state index >= 15 is 0 Å². The predicted octanol–water partition coefficient (Wildman–Crippen LogP) is 6.13. The zero-order chi connectivity index (χ0) is 14.9. The molecular weight excluding hydrogens is 256 g/mol. The number of hydrogen-bond acceptors (Lipinski definition) is 1. The molecule has 1 heteroatoms. The minimum atomic E-state index is 0.577. The van der Waals surface area contributed by atoms with Gasteiger partial charge in [0.15, 0.2) is 0 Å². The first-order valence-electron chi connectivity index (χ1n) is 9.60. The lowest BCUT2D eigenvalue weighted by Crippen LogP contribution is -2.28. The Morgan fingerprint density at radius 2 is 1.43 bits per heavy atom. The maximum atomic E-state index is 5.79. The van der Waals surface area contributed by atoms with E-state index in [4.69, 9.17) is 4.74 Å². The van der Waals surface area contributed by atoms with Crippen molar-refractivity contribution in [3.63, 3.8) is 0 Å². The molecule has 0 saturated heterocycles. The van der Waals surface area contributed by atoms with Gasteiger partial charge in [0.1, 0.15) is 0 Å². The molecule has 0 bridgehead atoms. The maximum absolute atomic E-state index is 5.79. The van der Waals surface area contributed by atoms with Gasteiger partial charge in [0.05, 0.1) is 6.10 Å². The van der Waals surface area contributed by atoms with E-state index in [0.29, 0.717) is 6.10 Å². The summed E-state index contributed by atoms with van der Waals surface area (Å²) >= 11 is 0. The van der Waals surface area contributed by atoms with Crippen LogP contribution in [0.2, 0.25) is 0 Å². The van der Waals surface area contributed by atoms with Crippen LogP contribution in [0.15, 0.2) is 12.2 Å². The number of ether oxygens (including phenoxy) is 1. The van der Waals surface area contributed by atoms with Crippen LogP contribution in [-0.4, -0.2) is 12.7 Å². The van der Waals surface area contributed by atoms with Crippen molar-refractivity contribution in [1.82, 2.24) is 0 Å². The third kappa shape index (κ3) is 5.77. The first-order chi connectivity index (χ1) is 10.3. The molecule has 2 rings (SSSR count). The number of rotatable bonds is 7. The summed E-state index contributed by atoms with van der Waals surface area (Å²) in [6.45, 7) is 5.25. The van der Waals surface area contributed by atoms with Crippen molar-refractivity contribution in [2.45, 2.75) is 90.6 Å². The molecular formula is C20H36O. The summed E-state index contributed by atoms with van der Waals surface area (Å²) in [4.78, 5) is 0. The highest BCUT2D eigenvalue weighted by molar-refractivity contribution is 4.85. The van der Waals surface area contributed by atoms with E-state index < -0.39 is 0 Å². The molecule has 0 unspecified atom stereocenters. The second-order valence-corrected chi connectivity index (χ2v) is 7.23. The molecule has 0 amide bonds. The molecule has 0 aromatic carbocycles. The Bertz CT molecular complexity index is 280. The predicted molar refractivity (Wildman–Crippen MR) is 91.5 cm³/mol. The van der Waals surface area contributed by atoms with Crippen molar-refractivity contribution in [2.24, 2.45) is 17.8 Å². The SMILES string of the molecule is CC/C=C/CCC1CCC(C2CCC(OCC)CC2)CC1. The molecule has 0 aromatic rings. The smallest absolute Gasteiger partial charge is 0.0575 e. The van der Waals surface area contributed by atoms with E-state index in [1.807, 2.05) is 0 Å². The summed E-state index contributed by atoms with van der Waals surface area (Å²) in [6.07, 6.45) is 20.7. The fourth-order valence-corrected chi connectivity index (χ4v) is 4.53. The molecule has 0 spiro atoms. The third-order valence-electron chi connectivity index (χ3n) is 5.82. The first-order valence-corrected chi connectivity index (χ1v) is 9.60. The van der Waals surface area contributed by atoms with Gasteiger partial charge in [-0.25, -0.2) is 0 Å².